The summed E-state index contributed by atoms with van der Waals surface area (Å²) in [5.74, 6) is 1.50. The van der Waals surface area contributed by atoms with Crippen LogP contribution < -0.4 is 14.9 Å². The van der Waals surface area contributed by atoms with Gasteiger partial charge in [0.2, 0.25) is 0 Å². The maximum absolute atomic E-state index is 12.4. The summed E-state index contributed by atoms with van der Waals surface area (Å²) in [6.45, 7) is 6.72. The molecule has 0 saturated heterocycles. The lowest BCUT2D eigenvalue weighted by Crippen LogP contribution is -2.16. The largest absolute Gasteiger partial charge is 0.493 e. The molecule has 0 spiro atoms. The van der Waals surface area contributed by atoms with Crippen molar-refractivity contribution >= 4 is 23.7 Å². The monoisotopic (exact) mass is 491 g/mol. The van der Waals surface area contributed by atoms with Crippen LogP contribution in [0.3, 0.4) is 0 Å². The zero-order chi connectivity index (χ0) is 24.8. The number of aromatic nitrogens is 1. The molecule has 7 nitrogen and oxygen atoms in total. The molecule has 2 aromatic heterocycles. The fourth-order valence-corrected chi connectivity index (χ4v) is 3.80. The maximum Gasteiger partial charge on any atom is 0.307 e. The van der Waals surface area contributed by atoms with Gasteiger partial charge in [-0.1, -0.05) is 11.6 Å². The summed E-state index contributed by atoms with van der Waals surface area (Å²) >= 11 is 6.04. The first-order valence-corrected chi connectivity index (χ1v) is 11.5. The molecule has 1 amide bonds. The van der Waals surface area contributed by atoms with Crippen LogP contribution in [0.1, 0.15) is 40.2 Å². The van der Waals surface area contributed by atoms with Gasteiger partial charge in [0.15, 0.2) is 5.76 Å². The molecule has 0 unspecified atom stereocenters. The Kier molecular flexibility index (Phi) is 7.57. The van der Waals surface area contributed by atoms with E-state index in [1.165, 1.54) is 17.6 Å². The first kappa shape index (κ1) is 24.2. The summed E-state index contributed by atoms with van der Waals surface area (Å²) in [5, 5.41) is 4.53. The lowest BCUT2D eigenvalue weighted by atomic mass is 10.2. The van der Waals surface area contributed by atoms with Gasteiger partial charge in [0, 0.05) is 27.7 Å². The number of carbonyl (C=O) groups is 1. The van der Waals surface area contributed by atoms with Crippen molar-refractivity contribution in [2.75, 3.05) is 6.61 Å². The summed E-state index contributed by atoms with van der Waals surface area (Å²) in [7, 11) is 0. The minimum absolute atomic E-state index is 0.130. The average Bonchev–Trinajstić information content (AvgIpc) is 3.46. The van der Waals surface area contributed by atoms with Gasteiger partial charge < -0.3 is 18.5 Å². The summed E-state index contributed by atoms with van der Waals surface area (Å²) in [6.07, 6.45) is 1.47. The maximum atomic E-state index is 12.4. The van der Waals surface area contributed by atoms with Crippen LogP contribution in [0.5, 0.6) is 11.5 Å². The Labute approximate surface area is 208 Å². The van der Waals surface area contributed by atoms with Crippen molar-refractivity contribution in [3.63, 3.8) is 0 Å². The molecule has 0 aliphatic heterocycles. The van der Waals surface area contributed by atoms with Crippen molar-refractivity contribution in [2.45, 2.75) is 27.4 Å². The van der Waals surface area contributed by atoms with Crippen LogP contribution in [-0.2, 0) is 6.61 Å². The predicted molar refractivity (Wildman–Crippen MR) is 136 cm³/mol. The number of aryl methyl sites for hydroxylation is 2. The lowest BCUT2D eigenvalue weighted by Gasteiger charge is -2.10. The standard InChI is InChI=1S/C27H26ClN3O4/c1-4-33-25-13-7-21(28)15-20(25)16-29-30-27(32)26-14-12-24(35-26)17-34-23-10-8-22(9-11-23)31-18(2)5-6-19(31)3/h5-16H,4,17H2,1-3H3,(H,30,32)/b29-16+. The Bertz CT molecular complexity index is 1320. The van der Waals surface area contributed by atoms with E-state index in [4.69, 9.17) is 25.5 Å². The lowest BCUT2D eigenvalue weighted by molar-refractivity contribution is 0.0923. The Morgan fingerprint density at radius 3 is 2.49 bits per heavy atom. The van der Waals surface area contributed by atoms with Gasteiger partial charge in [-0.05, 0) is 87.5 Å². The number of ether oxygens (including phenoxy) is 2. The molecule has 4 aromatic rings. The SMILES string of the molecule is CCOc1ccc(Cl)cc1/C=N/NC(=O)c1ccc(COc2ccc(-n3c(C)ccc3C)cc2)o1. The van der Waals surface area contributed by atoms with Crippen molar-refractivity contribution in [1.82, 2.24) is 9.99 Å². The molecule has 8 heteroatoms. The number of hydrazone groups is 1. The third kappa shape index (κ3) is 5.94. The van der Waals surface area contributed by atoms with Crippen LogP contribution in [0.2, 0.25) is 5.02 Å². The van der Waals surface area contributed by atoms with Gasteiger partial charge in [0.25, 0.3) is 0 Å². The predicted octanol–water partition coefficient (Wildman–Crippen LogP) is 6.08. The highest BCUT2D eigenvalue weighted by Crippen LogP contribution is 2.22. The van der Waals surface area contributed by atoms with Gasteiger partial charge in [-0.15, -0.1) is 0 Å². The number of amides is 1. The van der Waals surface area contributed by atoms with Gasteiger partial charge in [-0.2, -0.15) is 5.10 Å². The molecule has 0 radical (unpaired) electrons. The number of nitrogens with one attached hydrogen (secondary N) is 1. The smallest absolute Gasteiger partial charge is 0.307 e. The van der Waals surface area contributed by atoms with E-state index in [0.29, 0.717) is 34.5 Å². The fraction of sp³-hybridized carbons (Fsp3) is 0.185. The highest BCUT2D eigenvalue weighted by atomic mass is 35.5. The van der Waals surface area contributed by atoms with E-state index in [1.54, 1.807) is 30.3 Å². The molecule has 0 atom stereocenters. The number of hydrogen-bond donors (Lipinski definition) is 1. The molecule has 35 heavy (non-hydrogen) atoms. The molecular weight excluding hydrogens is 466 g/mol. The number of nitrogens with zero attached hydrogens (tertiary/aromatic N) is 2. The van der Waals surface area contributed by atoms with Gasteiger partial charge >= 0.3 is 5.91 Å². The minimum Gasteiger partial charge on any atom is -0.493 e. The Morgan fingerprint density at radius 2 is 1.77 bits per heavy atom. The third-order valence-corrected chi connectivity index (χ3v) is 5.51. The first-order chi connectivity index (χ1) is 16.9. The number of rotatable bonds is 9. The van der Waals surface area contributed by atoms with Gasteiger partial charge in [0.1, 0.15) is 23.9 Å². The van der Waals surface area contributed by atoms with Crippen molar-refractivity contribution in [3.8, 4) is 17.2 Å². The van der Waals surface area contributed by atoms with Crippen LogP contribution >= 0.6 is 11.6 Å². The highest BCUT2D eigenvalue weighted by molar-refractivity contribution is 6.30. The van der Waals surface area contributed by atoms with Crippen molar-refractivity contribution < 1.29 is 18.7 Å². The van der Waals surface area contributed by atoms with Crippen LogP contribution in [0, 0.1) is 13.8 Å². The zero-order valence-electron chi connectivity index (χ0n) is 19.7. The van der Waals surface area contributed by atoms with E-state index in [-0.39, 0.29) is 12.4 Å². The molecule has 2 aromatic carbocycles. The number of carbonyl (C=O) groups excluding carboxylic acids is 1. The number of furan rings is 1. The molecule has 0 bridgehead atoms. The third-order valence-electron chi connectivity index (χ3n) is 5.27. The second-order valence-corrected chi connectivity index (χ2v) is 8.25. The molecule has 2 heterocycles. The zero-order valence-corrected chi connectivity index (χ0v) is 20.5. The van der Waals surface area contributed by atoms with Crippen LogP contribution in [0.25, 0.3) is 5.69 Å². The number of benzene rings is 2. The van der Waals surface area contributed by atoms with E-state index in [2.05, 4.69) is 41.1 Å². The minimum atomic E-state index is -0.477. The Hall–Kier alpha value is -3.97. The second kappa shape index (κ2) is 11.0. The topological polar surface area (TPSA) is 78.0 Å². The van der Waals surface area contributed by atoms with Gasteiger partial charge in [-0.3, -0.25) is 4.79 Å². The number of hydrogen-bond acceptors (Lipinski definition) is 5. The molecule has 0 fully saturated rings. The van der Waals surface area contributed by atoms with Gasteiger partial charge in [0.05, 0.1) is 12.8 Å². The second-order valence-electron chi connectivity index (χ2n) is 7.81. The quantitative estimate of drug-likeness (QED) is 0.227. The Balaban J connectivity index is 1.33. The van der Waals surface area contributed by atoms with E-state index >= 15 is 0 Å². The summed E-state index contributed by atoms with van der Waals surface area (Å²) in [4.78, 5) is 12.4. The van der Waals surface area contributed by atoms with Gasteiger partial charge in [-0.25, -0.2) is 5.43 Å². The summed E-state index contributed by atoms with van der Waals surface area (Å²) in [5.41, 5.74) is 6.51. The first-order valence-electron chi connectivity index (χ1n) is 11.2. The van der Waals surface area contributed by atoms with E-state index in [0.717, 1.165) is 5.69 Å². The average molecular weight is 492 g/mol. The van der Waals surface area contributed by atoms with E-state index in [1.807, 2.05) is 31.2 Å². The molecule has 180 valence electrons. The van der Waals surface area contributed by atoms with Crippen LogP contribution in [0.15, 0.2) is 76.2 Å². The molecule has 4 rings (SSSR count). The van der Waals surface area contributed by atoms with E-state index in [9.17, 15) is 4.79 Å². The molecule has 0 aliphatic carbocycles. The molecule has 0 aliphatic rings. The van der Waals surface area contributed by atoms with Crippen molar-refractivity contribution in [1.29, 1.82) is 0 Å². The summed E-state index contributed by atoms with van der Waals surface area (Å²) in [6, 6.07) is 20.5. The van der Waals surface area contributed by atoms with Crippen molar-refractivity contribution in [2.24, 2.45) is 5.10 Å². The highest BCUT2D eigenvalue weighted by Gasteiger charge is 2.11. The van der Waals surface area contributed by atoms with Crippen molar-refractivity contribution in [3.05, 3.63) is 100 Å². The molecular formula is C27H26ClN3O4. The van der Waals surface area contributed by atoms with E-state index < -0.39 is 5.91 Å². The Morgan fingerprint density at radius 1 is 1.03 bits per heavy atom. The summed E-state index contributed by atoms with van der Waals surface area (Å²) < 4.78 is 19.1. The van der Waals surface area contributed by atoms with Crippen LogP contribution in [0.4, 0.5) is 0 Å². The molecule has 1 N–H and O–H groups in total. The normalized spacial score (nSPS) is 11.1. The number of halogens is 1. The van der Waals surface area contributed by atoms with Crippen LogP contribution in [-0.4, -0.2) is 23.3 Å². The fourth-order valence-electron chi connectivity index (χ4n) is 3.62. The molecule has 0 saturated carbocycles.